The van der Waals surface area contributed by atoms with Crippen molar-refractivity contribution in [1.29, 1.82) is 0 Å². The molecule has 7 unspecified atom stereocenters. The fraction of sp³-hybridized carbons (Fsp3) is 1.00. The van der Waals surface area contributed by atoms with Crippen molar-refractivity contribution in [2.24, 2.45) is 34.5 Å². The molecule has 142 valence electrons. The maximum atomic E-state index is 6.32. The summed E-state index contributed by atoms with van der Waals surface area (Å²) in [6, 6.07) is 0. The van der Waals surface area contributed by atoms with Crippen molar-refractivity contribution in [3.63, 3.8) is 0 Å². The van der Waals surface area contributed by atoms with Crippen molar-refractivity contribution in [2.45, 2.75) is 83.5 Å². The van der Waals surface area contributed by atoms with Gasteiger partial charge in [0.15, 0.2) is 5.79 Å². The van der Waals surface area contributed by atoms with E-state index in [2.05, 4.69) is 13.8 Å². The molecule has 4 aliphatic carbocycles. The molecule has 3 heteroatoms. The van der Waals surface area contributed by atoms with E-state index in [4.69, 9.17) is 14.2 Å². The van der Waals surface area contributed by atoms with Crippen molar-refractivity contribution in [2.75, 3.05) is 20.3 Å². The number of methoxy groups -OCH3 is 1. The van der Waals surface area contributed by atoms with Crippen molar-refractivity contribution in [1.82, 2.24) is 0 Å². The Bertz CT molecular complexity index is 527. The number of ether oxygens (including phenoxy) is 3. The number of rotatable bonds is 1. The Labute approximate surface area is 153 Å². The Hall–Kier alpha value is -0.120. The summed E-state index contributed by atoms with van der Waals surface area (Å²) >= 11 is 0. The van der Waals surface area contributed by atoms with Crippen LogP contribution in [0, 0.1) is 34.5 Å². The zero-order valence-corrected chi connectivity index (χ0v) is 16.4. The van der Waals surface area contributed by atoms with Gasteiger partial charge in [-0.15, -0.1) is 0 Å². The van der Waals surface area contributed by atoms with Crippen LogP contribution in [-0.2, 0) is 14.2 Å². The van der Waals surface area contributed by atoms with Gasteiger partial charge in [0.2, 0.25) is 0 Å². The molecule has 5 aliphatic rings. The molecule has 1 saturated heterocycles. The highest BCUT2D eigenvalue weighted by Gasteiger charge is 2.70. The van der Waals surface area contributed by atoms with E-state index in [1.807, 2.05) is 7.11 Å². The summed E-state index contributed by atoms with van der Waals surface area (Å²) in [6.07, 6.45) is 12.5. The molecule has 0 aromatic carbocycles. The second-order valence-corrected chi connectivity index (χ2v) is 10.1. The Balaban J connectivity index is 1.53. The SMILES string of the molecule is COC1CC2C(CCC3CCCCC32C)C2CCC3(OCCO3)C12C. The second-order valence-electron chi connectivity index (χ2n) is 10.1. The van der Waals surface area contributed by atoms with Crippen molar-refractivity contribution >= 4 is 0 Å². The van der Waals surface area contributed by atoms with E-state index in [9.17, 15) is 0 Å². The monoisotopic (exact) mass is 348 g/mol. The van der Waals surface area contributed by atoms with Crippen LogP contribution in [-0.4, -0.2) is 32.2 Å². The highest BCUT2D eigenvalue weighted by atomic mass is 16.7. The lowest BCUT2D eigenvalue weighted by molar-refractivity contribution is -0.283. The standard InChI is InChI=1S/C22H36O3/c1-20-10-5-4-6-15(20)7-8-16-17-9-11-22(24-12-13-25-22)21(17,2)19(23-3)14-18(16)20/h15-19H,4-14H2,1-3H3. The van der Waals surface area contributed by atoms with Gasteiger partial charge in [0.1, 0.15) is 0 Å². The summed E-state index contributed by atoms with van der Waals surface area (Å²) in [5.74, 6) is 2.98. The number of hydrogen-bond donors (Lipinski definition) is 0. The summed E-state index contributed by atoms with van der Waals surface area (Å²) in [7, 11) is 1.93. The van der Waals surface area contributed by atoms with Gasteiger partial charge in [-0.1, -0.05) is 26.7 Å². The zero-order valence-electron chi connectivity index (χ0n) is 16.4. The van der Waals surface area contributed by atoms with Crippen molar-refractivity contribution in [3.05, 3.63) is 0 Å². The summed E-state index contributed by atoms with van der Waals surface area (Å²) in [5, 5.41) is 0. The minimum absolute atomic E-state index is 0.0251. The predicted octanol–water partition coefficient (Wildman–Crippen LogP) is 4.79. The van der Waals surface area contributed by atoms with Crippen LogP contribution in [0.15, 0.2) is 0 Å². The van der Waals surface area contributed by atoms with E-state index in [0.717, 1.165) is 37.4 Å². The molecular weight excluding hydrogens is 312 g/mol. The lowest BCUT2D eigenvalue weighted by Gasteiger charge is -2.62. The lowest BCUT2D eigenvalue weighted by atomic mass is 9.44. The quantitative estimate of drug-likeness (QED) is 0.682. The summed E-state index contributed by atoms with van der Waals surface area (Å²) in [5.41, 5.74) is 0.573. The third kappa shape index (κ3) is 2.04. The highest BCUT2D eigenvalue weighted by Crippen LogP contribution is 2.69. The molecule has 0 N–H and O–H groups in total. The van der Waals surface area contributed by atoms with Gasteiger partial charge in [-0.25, -0.2) is 0 Å². The first-order chi connectivity index (χ1) is 12.1. The van der Waals surface area contributed by atoms with Gasteiger partial charge in [-0.2, -0.15) is 0 Å². The predicted molar refractivity (Wildman–Crippen MR) is 97.2 cm³/mol. The highest BCUT2D eigenvalue weighted by molar-refractivity contribution is 5.15. The van der Waals surface area contributed by atoms with E-state index < -0.39 is 0 Å². The largest absolute Gasteiger partial charge is 0.381 e. The molecule has 25 heavy (non-hydrogen) atoms. The normalized spacial score (nSPS) is 54.1. The van der Waals surface area contributed by atoms with E-state index in [1.165, 1.54) is 51.4 Å². The van der Waals surface area contributed by atoms with Crippen LogP contribution in [0.5, 0.6) is 0 Å². The molecule has 0 amide bonds. The van der Waals surface area contributed by atoms with Crippen LogP contribution in [0.4, 0.5) is 0 Å². The Kier molecular flexibility index (Phi) is 3.87. The van der Waals surface area contributed by atoms with Gasteiger partial charge >= 0.3 is 0 Å². The Morgan fingerprint density at radius 1 is 0.880 bits per heavy atom. The van der Waals surface area contributed by atoms with Gasteiger partial charge < -0.3 is 14.2 Å². The third-order valence-corrected chi connectivity index (χ3v) is 9.73. The molecule has 0 radical (unpaired) electrons. The van der Waals surface area contributed by atoms with Crippen LogP contribution in [0.3, 0.4) is 0 Å². The molecule has 0 aromatic heterocycles. The molecule has 0 aromatic rings. The number of hydrogen-bond acceptors (Lipinski definition) is 3. The minimum Gasteiger partial charge on any atom is -0.381 e. The molecule has 1 heterocycles. The average Bonchev–Trinajstić information content (AvgIpc) is 3.21. The van der Waals surface area contributed by atoms with Crippen LogP contribution in [0.2, 0.25) is 0 Å². The Morgan fingerprint density at radius 2 is 1.68 bits per heavy atom. The minimum atomic E-state index is -0.367. The van der Waals surface area contributed by atoms with Gasteiger partial charge in [-0.3, -0.25) is 0 Å². The van der Waals surface area contributed by atoms with E-state index >= 15 is 0 Å². The molecule has 1 spiro atoms. The van der Waals surface area contributed by atoms with Gasteiger partial charge in [-0.05, 0) is 67.6 Å². The van der Waals surface area contributed by atoms with Crippen LogP contribution < -0.4 is 0 Å². The van der Waals surface area contributed by atoms with Gasteiger partial charge in [0.05, 0.1) is 24.7 Å². The fourth-order valence-corrected chi connectivity index (χ4v) is 8.47. The first-order valence-electron chi connectivity index (χ1n) is 10.9. The molecule has 5 fully saturated rings. The summed E-state index contributed by atoms with van der Waals surface area (Å²) in [6.45, 7) is 6.59. The summed E-state index contributed by atoms with van der Waals surface area (Å²) < 4.78 is 18.8. The van der Waals surface area contributed by atoms with Crippen molar-refractivity contribution in [3.8, 4) is 0 Å². The zero-order chi connectivity index (χ0) is 17.3. The first kappa shape index (κ1) is 17.0. The third-order valence-electron chi connectivity index (χ3n) is 9.73. The molecule has 3 nitrogen and oxygen atoms in total. The van der Waals surface area contributed by atoms with E-state index in [-0.39, 0.29) is 17.3 Å². The van der Waals surface area contributed by atoms with E-state index in [0.29, 0.717) is 11.3 Å². The molecule has 5 rings (SSSR count). The van der Waals surface area contributed by atoms with Crippen LogP contribution in [0.25, 0.3) is 0 Å². The second kappa shape index (κ2) is 5.69. The summed E-state index contributed by atoms with van der Waals surface area (Å²) in [4.78, 5) is 0. The molecule has 0 bridgehead atoms. The molecule has 1 aliphatic heterocycles. The number of fused-ring (bicyclic) bond motifs is 6. The van der Waals surface area contributed by atoms with Crippen molar-refractivity contribution < 1.29 is 14.2 Å². The van der Waals surface area contributed by atoms with Gasteiger partial charge in [0, 0.05) is 13.5 Å². The van der Waals surface area contributed by atoms with E-state index in [1.54, 1.807) is 0 Å². The maximum Gasteiger partial charge on any atom is 0.176 e. The van der Waals surface area contributed by atoms with Crippen LogP contribution in [0.1, 0.15) is 71.6 Å². The first-order valence-corrected chi connectivity index (χ1v) is 10.9. The lowest BCUT2D eigenvalue weighted by Crippen LogP contribution is -2.62. The molecule has 7 atom stereocenters. The maximum absolute atomic E-state index is 6.32. The smallest absolute Gasteiger partial charge is 0.176 e. The molecular formula is C22H36O3. The van der Waals surface area contributed by atoms with Gasteiger partial charge in [0.25, 0.3) is 0 Å². The average molecular weight is 349 g/mol. The molecule has 4 saturated carbocycles. The fourth-order valence-electron chi connectivity index (χ4n) is 8.47. The topological polar surface area (TPSA) is 27.7 Å². The van der Waals surface area contributed by atoms with Crippen LogP contribution >= 0.6 is 0 Å². The Morgan fingerprint density at radius 3 is 2.44 bits per heavy atom.